The summed E-state index contributed by atoms with van der Waals surface area (Å²) in [6.07, 6.45) is -27.1. The third-order valence-electron chi connectivity index (χ3n) is 16.3. The van der Waals surface area contributed by atoms with E-state index in [0.29, 0.717) is 11.1 Å². The summed E-state index contributed by atoms with van der Waals surface area (Å²) in [5.74, 6) is -6.20. The second-order valence-corrected chi connectivity index (χ2v) is 22.3. The van der Waals surface area contributed by atoms with Crippen LogP contribution in [0.3, 0.4) is 0 Å². The molecule has 0 spiro atoms. The summed E-state index contributed by atoms with van der Waals surface area (Å²) in [5.41, 5.74) is 13.1. The molecule has 4 saturated heterocycles. The highest BCUT2D eigenvalue weighted by molar-refractivity contribution is 5.98. The van der Waals surface area contributed by atoms with Gasteiger partial charge in [-0.3, -0.25) is 38.8 Å². The fraction of sp³-hybridized carbons (Fsp3) is 0.630. The quantitative estimate of drug-likeness (QED) is 0.0699. The lowest BCUT2D eigenvalue weighted by molar-refractivity contribution is -0.352. The van der Waals surface area contributed by atoms with Crippen LogP contribution in [0.25, 0.3) is 0 Å². The highest BCUT2D eigenvalue weighted by Gasteiger charge is 2.53. The van der Waals surface area contributed by atoms with E-state index in [9.17, 15) is 85.3 Å². The molecule has 0 bridgehead atoms. The van der Waals surface area contributed by atoms with Crippen molar-refractivity contribution in [3.63, 3.8) is 0 Å². The van der Waals surface area contributed by atoms with Crippen molar-refractivity contribution in [2.24, 2.45) is 21.5 Å². The predicted molar refractivity (Wildman–Crippen MR) is 300 cm³/mol. The number of aliphatic hydroxyl groups excluding tert-OH is 12. The zero-order valence-electron chi connectivity index (χ0n) is 48.0. The predicted octanol–water partition coefficient (Wildman–Crippen LogP) is -11.8. The Morgan fingerprint density at radius 3 is 1.73 bits per heavy atom. The highest BCUT2D eigenvalue weighted by atomic mass is 16.7. The van der Waals surface area contributed by atoms with Gasteiger partial charge in [-0.15, -0.1) is 0 Å². The SMILES string of the molecule is CN1C(=O)CNC(=O)[C@H](CO)NC(=O)[C@@H](CC2CN=C(N)N2[C@H]2O[C@H](CO)[C@@H](O)[C@H](O)[C@@H]2O)NC(=O)[C@H](CC2CN=C(N)N2)NC(=O)[C@@H](Cc2ccc(O[C@H]3O[C@H](CO)[C@@H](O[C@H]4O[C@H](CO)[C@@H](O)[C@H](O)[C@@H]4O)[C@H](O)[C@@H]3O)cc2)NC(=O)[C@@H]1Cc1ccccc1. The summed E-state index contributed by atoms with van der Waals surface area (Å²) >= 11 is 0. The minimum atomic E-state index is -1.92. The lowest BCUT2D eigenvalue weighted by Crippen LogP contribution is -2.66. The Balaban J connectivity index is 1.08. The third-order valence-corrected chi connectivity index (χ3v) is 16.3. The van der Waals surface area contributed by atoms with Gasteiger partial charge >= 0.3 is 0 Å². The van der Waals surface area contributed by atoms with E-state index in [-0.39, 0.29) is 50.0 Å². The van der Waals surface area contributed by atoms with Gasteiger partial charge in [0.1, 0.15) is 109 Å². The molecule has 0 radical (unpaired) electrons. The molecule has 6 aliphatic rings. The Morgan fingerprint density at radius 2 is 1.11 bits per heavy atom. The number of nitrogens with one attached hydrogen (secondary N) is 6. The number of amides is 6. The van der Waals surface area contributed by atoms with Gasteiger partial charge in [-0.05, 0) is 36.1 Å². The molecule has 35 nitrogen and oxygen atoms in total. The molecule has 89 heavy (non-hydrogen) atoms. The van der Waals surface area contributed by atoms with Gasteiger partial charge in [-0.25, -0.2) is 0 Å². The van der Waals surface area contributed by atoms with Gasteiger partial charge in [-0.1, -0.05) is 42.5 Å². The standard InChI is InChI=1S/C54H78N12O23/c1-65-31(12-22-5-3-2-4-6-22)49(84)63-27(11-23-7-9-26(10-8-23)85-51-43(79)40(76)44(34(21-70)88-51)89-52-42(78)39(75)37(73)33(20-69)87-52)46(81)61-28(13-24-15-58-53(55)60-24)47(82)62-29(48(83)64-30(18-67)45(80)57-17-35(65)71)14-25-16-59-54(56)66(25)50-41(77)38(74)36(72)32(19-68)86-50/h2-10,24-25,27-34,36-44,50-52,67-70,72-79H,11-21H2,1H3,(H2,56,59)(H,57,80)(H,61,81)(H,62,82)(H,63,84)(H,64,83)(H3,55,58,60)/t24?,25?,27-,28+,29-,30+,31+,32-,33-,34-,36-,37-,38+,39+,40-,41+,42+,43+,44-,50+,51+,52-/m1/s1. The molecule has 0 saturated carbocycles. The lowest BCUT2D eigenvalue weighted by Gasteiger charge is -2.45. The van der Waals surface area contributed by atoms with Crippen LogP contribution in [0.4, 0.5) is 0 Å². The van der Waals surface area contributed by atoms with E-state index in [1.807, 2.05) is 0 Å². The number of guanidine groups is 2. The maximum Gasteiger partial charge on any atom is 0.245 e. The first kappa shape index (κ1) is 67.9. The summed E-state index contributed by atoms with van der Waals surface area (Å²) in [4.78, 5) is 97.7. The van der Waals surface area contributed by atoms with Crippen LogP contribution in [0.1, 0.15) is 24.0 Å². The van der Waals surface area contributed by atoms with E-state index in [2.05, 4.69) is 41.9 Å². The van der Waals surface area contributed by atoms with Crippen LogP contribution in [-0.4, -0.2) is 306 Å². The molecule has 6 aliphatic heterocycles. The molecule has 2 unspecified atom stereocenters. The third kappa shape index (κ3) is 15.9. The number of benzene rings is 2. The van der Waals surface area contributed by atoms with Crippen molar-refractivity contribution in [2.75, 3.05) is 53.1 Å². The Morgan fingerprint density at radius 1 is 0.551 bits per heavy atom. The number of likely N-dealkylation sites (N-methyl/N-ethyl adjacent to an activating group) is 1. The smallest absolute Gasteiger partial charge is 0.245 e. The molecule has 6 amide bonds. The molecule has 22 atom stereocenters. The van der Waals surface area contributed by atoms with Gasteiger partial charge in [0.05, 0.1) is 58.1 Å². The Kier molecular flexibility index (Phi) is 23.0. The first-order chi connectivity index (χ1) is 42.4. The number of hydrogen-bond acceptors (Lipinski definition) is 29. The largest absolute Gasteiger partial charge is 0.462 e. The second kappa shape index (κ2) is 30.2. The first-order valence-corrected chi connectivity index (χ1v) is 28.6. The Labute approximate surface area is 507 Å². The van der Waals surface area contributed by atoms with E-state index >= 15 is 4.79 Å². The van der Waals surface area contributed by atoms with Crippen molar-refractivity contribution in [2.45, 2.75) is 160 Å². The molecule has 0 aliphatic carbocycles. The Hall–Kier alpha value is -7.04. The van der Waals surface area contributed by atoms with Crippen molar-refractivity contribution >= 4 is 47.4 Å². The van der Waals surface area contributed by atoms with Crippen LogP contribution in [0, 0.1) is 0 Å². The fourth-order valence-electron chi connectivity index (χ4n) is 11.1. The molecule has 2 aromatic rings. The van der Waals surface area contributed by atoms with E-state index in [0.717, 1.165) is 9.80 Å². The van der Waals surface area contributed by atoms with Gasteiger partial charge in [0.15, 0.2) is 24.4 Å². The van der Waals surface area contributed by atoms with Gasteiger partial charge in [0.2, 0.25) is 41.7 Å². The maximum absolute atomic E-state index is 15.1. The number of ether oxygens (including phenoxy) is 5. The molecule has 6 heterocycles. The monoisotopic (exact) mass is 1260 g/mol. The van der Waals surface area contributed by atoms with Crippen molar-refractivity contribution in [3.05, 3.63) is 65.7 Å². The molecule has 8 rings (SSSR count). The van der Waals surface area contributed by atoms with Crippen LogP contribution in [-0.2, 0) is 60.6 Å². The maximum atomic E-state index is 15.1. The number of aliphatic imine (C=N–C) groups is 2. The van der Waals surface area contributed by atoms with Crippen LogP contribution < -0.4 is 48.1 Å². The van der Waals surface area contributed by atoms with Gasteiger partial charge in [-0.2, -0.15) is 0 Å². The van der Waals surface area contributed by atoms with E-state index in [4.69, 9.17) is 35.2 Å². The molecule has 4 fully saturated rings. The number of nitrogens with two attached hydrogens (primary N) is 2. The Bertz CT molecular complexity index is 2830. The second-order valence-electron chi connectivity index (χ2n) is 22.3. The normalized spacial score (nSPS) is 37.1. The molecular formula is C54H78N12O23. The number of carbonyl (C=O) groups excluding carboxylic acids is 6. The summed E-state index contributed by atoms with van der Waals surface area (Å²) in [7, 11) is 1.28. The summed E-state index contributed by atoms with van der Waals surface area (Å²) in [5, 5.41) is 142. The number of nitrogens with zero attached hydrogens (tertiary/aromatic N) is 4. The van der Waals surface area contributed by atoms with Gasteiger partial charge in [0, 0.05) is 19.9 Å². The summed E-state index contributed by atoms with van der Waals surface area (Å²) in [6, 6.07) is 4.15. The van der Waals surface area contributed by atoms with Crippen LogP contribution >= 0.6 is 0 Å². The van der Waals surface area contributed by atoms with Crippen molar-refractivity contribution < 1.29 is 114 Å². The van der Waals surface area contributed by atoms with Crippen LogP contribution in [0.5, 0.6) is 5.75 Å². The average molecular weight is 1260 g/mol. The van der Waals surface area contributed by atoms with Crippen LogP contribution in [0.15, 0.2) is 64.6 Å². The van der Waals surface area contributed by atoms with Crippen molar-refractivity contribution in [3.8, 4) is 5.75 Å². The molecular weight excluding hydrogens is 1180 g/mol. The molecule has 2 aromatic carbocycles. The summed E-state index contributed by atoms with van der Waals surface area (Å²) < 4.78 is 28.4. The minimum Gasteiger partial charge on any atom is -0.462 e. The van der Waals surface area contributed by atoms with Crippen molar-refractivity contribution in [1.29, 1.82) is 0 Å². The van der Waals surface area contributed by atoms with E-state index < -0.39 is 209 Å². The molecule has 22 N–H and O–H groups in total. The van der Waals surface area contributed by atoms with E-state index in [1.165, 1.54) is 31.3 Å². The van der Waals surface area contributed by atoms with Gasteiger partial charge < -0.3 is 138 Å². The van der Waals surface area contributed by atoms with E-state index in [1.54, 1.807) is 30.3 Å². The summed E-state index contributed by atoms with van der Waals surface area (Å²) in [6.45, 7) is -4.51. The minimum absolute atomic E-state index is 0.000657. The number of aliphatic hydroxyl groups is 12. The zero-order valence-corrected chi connectivity index (χ0v) is 48.0. The molecule has 35 heteroatoms. The average Bonchev–Trinajstić information content (AvgIpc) is 2.11. The highest BCUT2D eigenvalue weighted by Crippen LogP contribution is 2.32. The lowest BCUT2D eigenvalue weighted by atomic mass is 9.96. The van der Waals surface area contributed by atoms with Crippen LogP contribution in [0.2, 0.25) is 0 Å². The zero-order chi connectivity index (χ0) is 64.5. The topological polar surface area (TPSA) is 547 Å². The first-order valence-electron chi connectivity index (χ1n) is 28.6. The number of carbonyl (C=O) groups is 6. The van der Waals surface area contributed by atoms with Crippen molar-refractivity contribution in [1.82, 2.24) is 41.7 Å². The fourth-order valence-corrected chi connectivity index (χ4v) is 11.1. The van der Waals surface area contributed by atoms with Gasteiger partial charge in [0.25, 0.3) is 0 Å². The molecule has 492 valence electrons. The molecule has 0 aromatic heterocycles. The number of hydrogen-bond donors (Lipinski definition) is 20. The number of rotatable bonds is 17.